The fraction of sp³-hybridized carbons (Fsp3) is 0.333. The third-order valence-corrected chi connectivity index (χ3v) is 6.18. The van der Waals surface area contributed by atoms with Crippen molar-refractivity contribution in [3.63, 3.8) is 0 Å². The summed E-state index contributed by atoms with van der Waals surface area (Å²) in [6.45, 7) is 0. The van der Waals surface area contributed by atoms with Gasteiger partial charge in [-0.25, -0.2) is 4.79 Å². The molecule has 3 rings (SSSR count). The van der Waals surface area contributed by atoms with E-state index in [2.05, 4.69) is 10.6 Å². The Balaban J connectivity index is 1.84. The van der Waals surface area contributed by atoms with Crippen molar-refractivity contribution in [2.45, 2.75) is 32.1 Å². The van der Waals surface area contributed by atoms with Crippen LogP contribution < -0.4 is 10.6 Å². The van der Waals surface area contributed by atoms with E-state index in [1.54, 1.807) is 29.5 Å². The first-order chi connectivity index (χ1) is 12.5. The molecule has 0 saturated heterocycles. The number of anilines is 2. The first-order valence-electron chi connectivity index (χ1n) is 8.25. The van der Waals surface area contributed by atoms with Crippen LogP contribution in [-0.4, -0.2) is 18.2 Å². The minimum Gasteiger partial charge on any atom is -0.465 e. The molecule has 0 aliphatic heterocycles. The molecule has 0 amide bonds. The molecule has 1 heterocycles. The van der Waals surface area contributed by atoms with E-state index in [4.69, 9.17) is 40.2 Å². The number of nitrogens with one attached hydrogen (secondary N) is 2. The van der Waals surface area contributed by atoms with Gasteiger partial charge in [0, 0.05) is 9.90 Å². The number of methoxy groups -OCH3 is 1. The molecule has 8 heteroatoms. The molecular formula is C18H18Cl2N2O2S2. The molecule has 138 valence electrons. The Labute approximate surface area is 171 Å². The number of carbonyl (C=O) groups is 1. The molecule has 4 nitrogen and oxygen atoms in total. The monoisotopic (exact) mass is 428 g/mol. The molecule has 0 fully saturated rings. The van der Waals surface area contributed by atoms with Gasteiger partial charge < -0.3 is 15.4 Å². The van der Waals surface area contributed by atoms with Gasteiger partial charge >= 0.3 is 5.97 Å². The lowest BCUT2D eigenvalue weighted by atomic mass is 10.1. The van der Waals surface area contributed by atoms with Gasteiger partial charge in [0.25, 0.3) is 0 Å². The first-order valence-corrected chi connectivity index (χ1v) is 10.2. The maximum absolute atomic E-state index is 12.4. The lowest BCUT2D eigenvalue weighted by Crippen LogP contribution is -2.20. The number of esters is 1. The summed E-state index contributed by atoms with van der Waals surface area (Å²) in [5.74, 6) is -0.334. The predicted molar refractivity (Wildman–Crippen MR) is 113 cm³/mol. The summed E-state index contributed by atoms with van der Waals surface area (Å²) in [6, 6.07) is 5.12. The zero-order valence-electron chi connectivity index (χ0n) is 14.2. The average Bonchev–Trinajstić information content (AvgIpc) is 2.77. The molecule has 1 aliphatic carbocycles. The summed E-state index contributed by atoms with van der Waals surface area (Å²) in [5, 5.41) is 8.28. The molecule has 0 atom stereocenters. The molecule has 2 N–H and O–H groups in total. The molecule has 0 unspecified atom stereocenters. The van der Waals surface area contributed by atoms with Crippen LogP contribution in [0, 0.1) is 0 Å². The second-order valence-corrected chi connectivity index (χ2v) is 8.32. The molecule has 26 heavy (non-hydrogen) atoms. The van der Waals surface area contributed by atoms with E-state index >= 15 is 0 Å². The molecule has 1 aromatic carbocycles. The number of ether oxygens (including phenoxy) is 1. The van der Waals surface area contributed by atoms with Crippen molar-refractivity contribution in [3.05, 3.63) is 44.2 Å². The van der Waals surface area contributed by atoms with Gasteiger partial charge in [-0.05, 0) is 61.7 Å². The number of fused-ring (bicyclic) bond motifs is 1. The number of halogens is 2. The van der Waals surface area contributed by atoms with Crippen molar-refractivity contribution < 1.29 is 9.53 Å². The van der Waals surface area contributed by atoms with Gasteiger partial charge in [-0.15, -0.1) is 11.3 Å². The van der Waals surface area contributed by atoms with E-state index < -0.39 is 0 Å². The van der Waals surface area contributed by atoms with E-state index in [1.807, 2.05) is 0 Å². The SMILES string of the molecule is COC(=O)c1c(NC(=S)Nc2ccc(Cl)cc2Cl)sc2c1CCCCC2. The molecule has 0 radical (unpaired) electrons. The highest BCUT2D eigenvalue weighted by Crippen LogP contribution is 2.38. The first kappa shape index (κ1) is 19.4. The molecule has 0 bridgehead atoms. The van der Waals surface area contributed by atoms with Gasteiger partial charge in [-0.1, -0.05) is 29.6 Å². The summed E-state index contributed by atoms with van der Waals surface area (Å²) in [7, 11) is 1.40. The highest BCUT2D eigenvalue weighted by molar-refractivity contribution is 7.80. The van der Waals surface area contributed by atoms with Gasteiger partial charge in [0.15, 0.2) is 5.11 Å². The molecular weight excluding hydrogens is 411 g/mol. The highest BCUT2D eigenvalue weighted by atomic mass is 35.5. The minimum atomic E-state index is -0.334. The average molecular weight is 429 g/mol. The lowest BCUT2D eigenvalue weighted by molar-refractivity contribution is 0.0601. The quantitative estimate of drug-likeness (QED) is 0.360. The topological polar surface area (TPSA) is 50.4 Å². The van der Waals surface area contributed by atoms with E-state index in [1.165, 1.54) is 18.4 Å². The van der Waals surface area contributed by atoms with Gasteiger partial charge in [0.05, 0.1) is 23.4 Å². The van der Waals surface area contributed by atoms with Crippen LogP contribution in [0.3, 0.4) is 0 Å². The van der Waals surface area contributed by atoms with Crippen molar-refractivity contribution in [2.75, 3.05) is 17.7 Å². The van der Waals surface area contributed by atoms with Crippen LogP contribution in [-0.2, 0) is 17.6 Å². The van der Waals surface area contributed by atoms with E-state index in [9.17, 15) is 4.79 Å². The van der Waals surface area contributed by atoms with Crippen LogP contribution in [0.4, 0.5) is 10.7 Å². The van der Waals surface area contributed by atoms with Gasteiger partial charge in [0.1, 0.15) is 5.00 Å². The van der Waals surface area contributed by atoms with E-state index in [0.29, 0.717) is 31.4 Å². The third-order valence-electron chi connectivity index (χ3n) is 4.22. The van der Waals surface area contributed by atoms with Crippen LogP contribution in [0.5, 0.6) is 0 Å². The second kappa shape index (κ2) is 8.57. The number of aryl methyl sites for hydroxylation is 1. The fourth-order valence-corrected chi connectivity index (χ4v) is 5.01. The normalized spacial score (nSPS) is 13.5. The van der Waals surface area contributed by atoms with Gasteiger partial charge in [0.2, 0.25) is 0 Å². The van der Waals surface area contributed by atoms with Crippen LogP contribution in [0.2, 0.25) is 10.0 Å². The summed E-state index contributed by atoms with van der Waals surface area (Å²) in [6.07, 6.45) is 5.27. The molecule has 0 saturated carbocycles. The van der Waals surface area contributed by atoms with Crippen molar-refractivity contribution in [3.8, 4) is 0 Å². The number of rotatable bonds is 3. The zero-order valence-corrected chi connectivity index (χ0v) is 17.3. The van der Waals surface area contributed by atoms with Crippen LogP contribution >= 0.6 is 46.8 Å². The summed E-state index contributed by atoms with van der Waals surface area (Å²) >= 11 is 19.1. The van der Waals surface area contributed by atoms with Crippen LogP contribution in [0.25, 0.3) is 0 Å². The fourth-order valence-electron chi connectivity index (χ4n) is 3.00. The van der Waals surface area contributed by atoms with Gasteiger partial charge in [-0.2, -0.15) is 0 Å². The van der Waals surface area contributed by atoms with Gasteiger partial charge in [-0.3, -0.25) is 0 Å². The standard InChI is InChI=1S/C18H18Cl2N2O2S2/c1-24-17(23)15-11-5-3-2-4-6-14(11)26-16(15)22-18(25)21-13-8-7-10(19)9-12(13)20/h7-9H,2-6H2,1H3,(H2,21,22,25). The van der Waals surface area contributed by atoms with Crippen molar-refractivity contribution in [1.82, 2.24) is 0 Å². The lowest BCUT2D eigenvalue weighted by Gasteiger charge is -2.12. The van der Waals surface area contributed by atoms with Crippen LogP contribution in [0.15, 0.2) is 18.2 Å². The predicted octanol–water partition coefficient (Wildman–Crippen LogP) is 5.92. The summed E-state index contributed by atoms with van der Waals surface area (Å²) in [5.41, 5.74) is 2.33. The summed E-state index contributed by atoms with van der Waals surface area (Å²) in [4.78, 5) is 13.6. The molecule has 2 aromatic rings. The number of carbonyl (C=O) groups excluding carboxylic acids is 1. The molecule has 0 spiro atoms. The minimum absolute atomic E-state index is 0.334. The maximum Gasteiger partial charge on any atom is 0.341 e. The largest absolute Gasteiger partial charge is 0.465 e. The van der Waals surface area contributed by atoms with Crippen molar-refractivity contribution in [1.29, 1.82) is 0 Å². The molecule has 1 aromatic heterocycles. The Bertz CT molecular complexity index is 852. The van der Waals surface area contributed by atoms with Crippen molar-refractivity contribution >= 4 is 68.5 Å². The Morgan fingerprint density at radius 3 is 2.69 bits per heavy atom. The van der Waals surface area contributed by atoms with Crippen LogP contribution in [0.1, 0.15) is 40.1 Å². The second-order valence-electron chi connectivity index (χ2n) is 5.96. The van der Waals surface area contributed by atoms with E-state index in [0.717, 1.165) is 31.2 Å². The maximum atomic E-state index is 12.4. The number of thiocarbonyl (C=S) groups is 1. The Morgan fingerprint density at radius 1 is 1.19 bits per heavy atom. The zero-order chi connectivity index (χ0) is 18.7. The molecule has 1 aliphatic rings. The number of hydrogen-bond acceptors (Lipinski definition) is 4. The number of hydrogen-bond donors (Lipinski definition) is 2. The Kier molecular flexibility index (Phi) is 6.40. The summed E-state index contributed by atoms with van der Waals surface area (Å²) < 4.78 is 5.00. The van der Waals surface area contributed by atoms with E-state index in [-0.39, 0.29) is 5.97 Å². The third kappa shape index (κ3) is 4.31. The number of thiophene rings is 1. The Hall–Kier alpha value is -1.34. The highest BCUT2D eigenvalue weighted by Gasteiger charge is 2.25. The van der Waals surface area contributed by atoms with Crippen molar-refractivity contribution in [2.24, 2.45) is 0 Å². The smallest absolute Gasteiger partial charge is 0.341 e. The number of benzene rings is 1. The Morgan fingerprint density at radius 2 is 1.96 bits per heavy atom.